The molecule has 0 unspecified atom stereocenters. The van der Waals surface area contributed by atoms with Crippen molar-refractivity contribution in [2.24, 2.45) is 5.41 Å². The monoisotopic (exact) mass is 144 g/mol. The fourth-order valence-corrected chi connectivity index (χ4v) is 0.545. The lowest BCUT2D eigenvalue weighted by molar-refractivity contribution is 0.420. The third-order valence-corrected chi connectivity index (χ3v) is 1.19. The van der Waals surface area contributed by atoms with Gasteiger partial charge in [0, 0.05) is 0 Å². The molecule has 0 nitrogen and oxygen atoms in total. The van der Waals surface area contributed by atoms with Crippen molar-refractivity contribution < 1.29 is 0 Å². The van der Waals surface area contributed by atoms with E-state index in [1.165, 1.54) is 0 Å². The summed E-state index contributed by atoms with van der Waals surface area (Å²) in [4.78, 5) is 1.12. The van der Waals surface area contributed by atoms with Crippen LogP contribution in [0, 0.1) is 5.41 Å². The first-order valence-electron chi connectivity index (χ1n) is 3.27. The van der Waals surface area contributed by atoms with Gasteiger partial charge in [-0.2, -0.15) is 0 Å². The van der Waals surface area contributed by atoms with E-state index in [9.17, 15) is 0 Å². The molecule has 9 heavy (non-hydrogen) atoms. The number of allylic oxidation sites excluding steroid dienone is 2. The SMILES string of the molecule is C/C(S)=C/CC(C)(C)C. The third-order valence-electron chi connectivity index (χ3n) is 1.01. The van der Waals surface area contributed by atoms with Crippen LogP contribution in [-0.4, -0.2) is 0 Å². The lowest BCUT2D eigenvalue weighted by atomic mass is 9.92. The van der Waals surface area contributed by atoms with Crippen LogP contribution >= 0.6 is 12.6 Å². The van der Waals surface area contributed by atoms with Gasteiger partial charge in [-0.05, 0) is 23.7 Å². The molecule has 0 radical (unpaired) electrons. The van der Waals surface area contributed by atoms with E-state index in [4.69, 9.17) is 0 Å². The molecule has 0 saturated heterocycles. The fraction of sp³-hybridized carbons (Fsp3) is 0.750. The molecule has 0 spiro atoms. The molecule has 0 N–H and O–H groups in total. The van der Waals surface area contributed by atoms with Gasteiger partial charge in [0.2, 0.25) is 0 Å². The summed E-state index contributed by atoms with van der Waals surface area (Å²) in [7, 11) is 0. The van der Waals surface area contributed by atoms with E-state index in [2.05, 4.69) is 39.5 Å². The first kappa shape index (κ1) is 9.09. The minimum absolute atomic E-state index is 0.407. The van der Waals surface area contributed by atoms with Crippen LogP contribution in [-0.2, 0) is 0 Å². The molecular formula is C8H16S. The molecule has 0 rings (SSSR count). The van der Waals surface area contributed by atoms with Crippen LogP contribution in [0.2, 0.25) is 0 Å². The second-order valence-corrected chi connectivity index (χ2v) is 4.32. The van der Waals surface area contributed by atoms with Crippen LogP contribution in [0.15, 0.2) is 11.0 Å². The number of hydrogen-bond donors (Lipinski definition) is 1. The number of hydrogen-bond acceptors (Lipinski definition) is 1. The predicted molar refractivity (Wildman–Crippen MR) is 46.8 cm³/mol. The second-order valence-electron chi connectivity index (χ2n) is 3.61. The van der Waals surface area contributed by atoms with E-state index in [1.54, 1.807) is 0 Å². The van der Waals surface area contributed by atoms with Crippen LogP contribution in [0.3, 0.4) is 0 Å². The summed E-state index contributed by atoms with van der Waals surface area (Å²) in [5, 5.41) is 0. The molecule has 0 aromatic rings. The lowest BCUT2D eigenvalue weighted by Crippen LogP contribution is -2.01. The van der Waals surface area contributed by atoms with Crippen molar-refractivity contribution >= 4 is 12.6 Å². The van der Waals surface area contributed by atoms with Gasteiger partial charge in [0.05, 0.1) is 0 Å². The van der Waals surface area contributed by atoms with Gasteiger partial charge < -0.3 is 0 Å². The molecule has 0 aliphatic heterocycles. The Bertz CT molecular complexity index is 102. The highest BCUT2D eigenvalue weighted by Crippen LogP contribution is 2.20. The zero-order valence-electron chi connectivity index (χ0n) is 6.73. The Labute approximate surface area is 63.8 Å². The van der Waals surface area contributed by atoms with Gasteiger partial charge in [-0.3, -0.25) is 0 Å². The van der Waals surface area contributed by atoms with Gasteiger partial charge in [-0.1, -0.05) is 26.8 Å². The van der Waals surface area contributed by atoms with Crippen LogP contribution < -0.4 is 0 Å². The summed E-state index contributed by atoms with van der Waals surface area (Å²) >= 11 is 4.17. The average molecular weight is 144 g/mol. The molecule has 0 aromatic carbocycles. The van der Waals surface area contributed by atoms with Gasteiger partial charge >= 0.3 is 0 Å². The zero-order valence-corrected chi connectivity index (χ0v) is 7.63. The third kappa shape index (κ3) is 8.09. The molecule has 0 heterocycles. The predicted octanol–water partition coefficient (Wildman–Crippen LogP) is 3.26. The molecule has 0 bridgehead atoms. The van der Waals surface area contributed by atoms with Gasteiger partial charge in [0.15, 0.2) is 0 Å². The normalized spacial score (nSPS) is 14.1. The maximum atomic E-state index is 4.17. The van der Waals surface area contributed by atoms with Gasteiger partial charge in [-0.25, -0.2) is 0 Å². The summed E-state index contributed by atoms with van der Waals surface area (Å²) < 4.78 is 0. The first-order valence-corrected chi connectivity index (χ1v) is 3.72. The Balaban J connectivity index is 3.64. The minimum Gasteiger partial charge on any atom is -0.149 e. The summed E-state index contributed by atoms with van der Waals surface area (Å²) in [6.07, 6.45) is 3.27. The smallest absolute Gasteiger partial charge is 0.0255 e. The van der Waals surface area contributed by atoms with Crippen molar-refractivity contribution in [3.63, 3.8) is 0 Å². The molecule has 0 aliphatic rings. The van der Waals surface area contributed by atoms with E-state index in [0.29, 0.717) is 5.41 Å². The molecule has 0 aliphatic carbocycles. The van der Waals surface area contributed by atoms with Gasteiger partial charge in [-0.15, -0.1) is 12.6 Å². The topological polar surface area (TPSA) is 0 Å². The molecule has 54 valence electrons. The highest BCUT2D eigenvalue weighted by molar-refractivity contribution is 7.84. The fourth-order valence-electron chi connectivity index (χ4n) is 0.454. The van der Waals surface area contributed by atoms with Gasteiger partial charge in [0.25, 0.3) is 0 Å². The second kappa shape index (κ2) is 3.31. The maximum Gasteiger partial charge on any atom is -0.0255 e. The van der Waals surface area contributed by atoms with Crippen LogP contribution in [0.1, 0.15) is 34.1 Å². The van der Waals surface area contributed by atoms with Crippen molar-refractivity contribution in [2.45, 2.75) is 34.1 Å². The molecule has 1 heteroatoms. The van der Waals surface area contributed by atoms with E-state index < -0.39 is 0 Å². The van der Waals surface area contributed by atoms with E-state index >= 15 is 0 Å². The van der Waals surface area contributed by atoms with Crippen molar-refractivity contribution in [1.82, 2.24) is 0 Å². The first-order chi connectivity index (χ1) is 3.92. The number of rotatable bonds is 1. The Morgan fingerprint density at radius 3 is 2.00 bits per heavy atom. The van der Waals surface area contributed by atoms with Crippen molar-refractivity contribution in [2.75, 3.05) is 0 Å². The van der Waals surface area contributed by atoms with Crippen molar-refractivity contribution in [1.29, 1.82) is 0 Å². The van der Waals surface area contributed by atoms with Crippen molar-refractivity contribution in [3.8, 4) is 0 Å². The van der Waals surface area contributed by atoms with E-state index in [1.807, 2.05) is 6.92 Å². The minimum atomic E-state index is 0.407. The van der Waals surface area contributed by atoms with E-state index in [-0.39, 0.29) is 0 Å². The summed E-state index contributed by atoms with van der Waals surface area (Å²) in [6.45, 7) is 8.68. The quantitative estimate of drug-likeness (QED) is 0.537. The highest BCUT2D eigenvalue weighted by Gasteiger charge is 2.06. The molecule has 0 saturated carbocycles. The lowest BCUT2D eigenvalue weighted by Gasteiger charge is -2.14. The zero-order chi connectivity index (χ0) is 7.49. The Kier molecular flexibility index (Phi) is 3.34. The number of thiol groups is 1. The van der Waals surface area contributed by atoms with Crippen molar-refractivity contribution in [3.05, 3.63) is 11.0 Å². The summed E-state index contributed by atoms with van der Waals surface area (Å²) in [6, 6.07) is 0. The van der Waals surface area contributed by atoms with E-state index in [0.717, 1.165) is 11.3 Å². The van der Waals surface area contributed by atoms with Gasteiger partial charge in [0.1, 0.15) is 0 Å². The van der Waals surface area contributed by atoms with Crippen LogP contribution in [0.25, 0.3) is 0 Å². The molecule has 0 atom stereocenters. The summed E-state index contributed by atoms with van der Waals surface area (Å²) in [5.74, 6) is 0. The van der Waals surface area contributed by atoms with Crippen LogP contribution in [0.4, 0.5) is 0 Å². The standard InChI is InChI=1S/C8H16S/c1-7(9)5-6-8(2,3)4/h5,9H,6H2,1-4H3/b7-5-. The largest absolute Gasteiger partial charge is 0.149 e. The Morgan fingerprint density at radius 2 is 1.89 bits per heavy atom. The molecule has 0 amide bonds. The average Bonchev–Trinajstić information content (AvgIpc) is 1.59. The maximum absolute atomic E-state index is 4.17. The summed E-state index contributed by atoms with van der Waals surface area (Å²) in [5.41, 5.74) is 0.407. The highest BCUT2D eigenvalue weighted by atomic mass is 32.1. The Morgan fingerprint density at radius 1 is 1.44 bits per heavy atom. The molecule has 0 fully saturated rings. The Hall–Kier alpha value is 0.0900. The molecule has 0 aromatic heterocycles. The van der Waals surface area contributed by atoms with Crippen LogP contribution in [0.5, 0.6) is 0 Å². The molecular weight excluding hydrogens is 128 g/mol.